The van der Waals surface area contributed by atoms with E-state index in [9.17, 15) is 9.59 Å². The highest BCUT2D eigenvalue weighted by Gasteiger charge is 2.48. The van der Waals surface area contributed by atoms with Crippen molar-refractivity contribution >= 4 is 11.9 Å². The number of benzene rings is 2. The van der Waals surface area contributed by atoms with Gasteiger partial charge in [-0.3, -0.25) is 9.59 Å². The maximum Gasteiger partial charge on any atom is 0.323 e. The highest BCUT2D eigenvalue weighted by atomic mass is 16.6. The molecular weight excluding hydrogens is 380 g/mol. The van der Waals surface area contributed by atoms with Gasteiger partial charge in [-0.1, -0.05) is 62.2 Å². The molecule has 0 radical (unpaired) electrons. The van der Waals surface area contributed by atoms with Gasteiger partial charge in [-0.15, -0.1) is 0 Å². The Morgan fingerprint density at radius 2 is 1.40 bits per heavy atom. The monoisotopic (exact) mass is 412 g/mol. The topological polar surface area (TPSA) is 61.8 Å². The van der Waals surface area contributed by atoms with Gasteiger partial charge in [-0.05, 0) is 49.9 Å². The Morgan fingerprint density at radius 1 is 0.800 bits per heavy atom. The molecule has 5 nitrogen and oxygen atoms in total. The van der Waals surface area contributed by atoms with Gasteiger partial charge < -0.3 is 14.2 Å². The third kappa shape index (κ3) is 6.34. The minimum atomic E-state index is -1.32. The van der Waals surface area contributed by atoms with Gasteiger partial charge in [0.2, 0.25) is 0 Å². The van der Waals surface area contributed by atoms with Crippen LogP contribution in [-0.4, -0.2) is 25.2 Å². The Labute approximate surface area is 179 Å². The van der Waals surface area contributed by atoms with E-state index in [4.69, 9.17) is 14.2 Å². The Bertz CT molecular complexity index is 765. The second-order valence-corrected chi connectivity index (χ2v) is 7.22. The van der Waals surface area contributed by atoms with E-state index < -0.39 is 17.4 Å². The van der Waals surface area contributed by atoms with Gasteiger partial charge in [0.1, 0.15) is 12.4 Å². The second-order valence-electron chi connectivity index (χ2n) is 7.22. The molecule has 2 aromatic carbocycles. The highest BCUT2D eigenvalue weighted by molar-refractivity contribution is 6.00. The summed E-state index contributed by atoms with van der Waals surface area (Å²) < 4.78 is 16.4. The average molecular weight is 413 g/mol. The summed E-state index contributed by atoms with van der Waals surface area (Å²) in [6.45, 7) is 6.43. The van der Waals surface area contributed by atoms with Gasteiger partial charge in [0.15, 0.2) is 5.41 Å². The number of carbonyl (C=O) groups excluding carboxylic acids is 2. The van der Waals surface area contributed by atoms with Crippen LogP contribution in [0, 0.1) is 5.41 Å². The lowest BCUT2D eigenvalue weighted by Gasteiger charge is -2.29. The summed E-state index contributed by atoms with van der Waals surface area (Å²) in [5.74, 6) is -0.295. The molecule has 0 fully saturated rings. The van der Waals surface area contributed by atoms with Crippen LogP contribution in [0.3, 0.4) is 0 Å². The SMILES string of the molecule is CCCCC(Cc1ccc(OCc2ccccc2)cc1)(C(=O)OCC)C(=O)OCC. The minimum Gasteiger partial charge on any atom is -0.489 e. The van der Waals surface area contributed by atoms with E-state index in [0.717, 1.165) is 29.7 Å². The molecule has 30 heavy (non-hydrogen) atoms. The molecule has 0 N–H and O–H groups in total. The van der Waals surface area contributed by atoms with Crippen LogP contribution in [-0.2, 0) is 32.1 Å². The summed E-state index contributed by atoms with van der Waals surface area (Å²) in [5.41, 5.74) is 0.623. The van der Waals surface area contributed by atoms with Crippen LogP contribution < -0.4 is 4.74 Å². The molecule has 0 aliphatic heterocycles. The predicted octanol–water partition coefficient (Wildman–Crippen LogP) is 5.11. The van der Waals surface area contributed by atoms with Crippen LogP contribution in [0.1, 0.15) is 51.2 Å². The van der Waals surface area contributed by atoms with Crippen molar-refractivity contribution in [3.63, 3.8) is 0 Å². The van der Waals surface area contributed by atoms with Crippen LogP contribution in [0.4, 0.5) is 0 Å². The molecular formula is C25H32O5. The van der Waals surface area contributed by atoms with E-state index in [0.29, 0.717) is 13.0 Å². The minimum absolute atomic E-state index is 0.221. The van der Waals surface area contributed by atoms with E-state index in [1.165, 1.54) is 0 Å². The first-order valence-electron chi connectivity index (χ1n) is 10.7. The number of ether oxygens (including phenoxy) is 3. The van der Waals surface area contributed by atoms with E-state index in [-0.39, 0.29) is 19.6 Å². The molecule has 0 heterocycles. The van der Waals surface area contributed by atoms with Crippen LogP contribution in [0.2, 0.25) is 0 Å². The van der Waals surface area contributed by atoms with Gasteiger partial charge >= 0.3 is 11.9 Å². The van der Waals surface area contributed by atoms with Crippen molar-refractivity contribution in [3.8, 4) is 5.75 Å². The molecule has 0 atom stereocenters. The fourth-order valence-electron chi connectivity index (χ4n) is 3.33. The fourth-order valence-corrected chi connectivity index (χ4v) is 3.33. The molecule has 0 saturated heterocycles. The first-order chi connectivity index (χ1) is 14.6. The first-order valence-corrected chi connectivity index (χ1v) is 10.7. The zero-order chi connectivity index (χ0) is 21.8. The van der Waals surface area contributed by atoms with Crippen molar-refractivity contribution in [1.82, 2.24) is 0 Å². The third-order valence-corrected chi connectivity index (χ3v) is 4.97. The van der Waals surface area contributed by atoms with Crippen molar-refractivity contribution in [2.75, 3.05) is 13.2 Å². The Morgan fingerprint density at radius 3 is 1.93 bits per heavy atom. The number of esters is 2. The second kappa shape index (κ2) is 12.0. The summed E-state index contributed by atoms with van der Waals surface area (Å²) >= 11 is 0. The van der Waals surface area contributed by atoms with Crippen molar-refractivity contribution in [1.29, 1.82) is 0 Å². The zero-order valence-electron chi connectivity index (χ0n) is 18.2. The Kier molecular flexibility index (Phi) is 9.39. The lowest BCUT2D eigenvalue weighted by molar-refractivity contribution is -0.172. The molecule has 2 aromatic rings. The molecule has 0 amide bonds. The lowest BCUT2D eigenvalue weighted by atomic mass is 9.77. The molecule has 0 aromatic heterocycles. The van der Waals surface area contributed by atoms with Crippen molar-refractivity contribution in [2.45, 2.75) is 53.1 Å². The van der Waals surface area contributed by atoms with E-state index in [1.54, 1.807) is 13.8 Å². The van der Waals surface area contributed by atoms with Gasteiger partial charge in [0.25, 0.3) is 0 Å². The number of hydrogen-bond acceptors (Lipinski definition) is 5. The largest absolute Gasteiger partial charge is 0.489 e. The molecule has 0 spiro atoms. The molecule has 0 bridgehead atoms. The number of unbranched alkanes of at least 4 members (excludes halogenated alkanes) is 1. The maximum absolute atomic E-state index is 12.9. The van der Waals surface area contributed by atoms with Crippen LogP contribution in [0.5, 0.6) is 5.75 Å². The molecule has 5 heteroatoms. The van der Waals surface area contributed by atoms with Crippen LogP contribution in [0.15, 0.2) is 54.6 Å². The van der Waals surface area contributed by atoms with E-state index in [1.807, 2.05) is 61.5 Å². The van der Waals surface area contributed by atoms with E-state index >= 15 is 0 Å². The summed E-state index contributed by atoms with van der Waals surface area (Å²) in [5, 5.41) is 0. The lowest BCUT2D eigenvalue weighted by Crippen LogP contribution is -2.44. The normalized spacial score (nSPS) is 11.0. The van der Waals surface area contributed by atoms with Crippen LogP contribution >= 0.6 is 0 Å². The summed E-state index contributed by atoms with van der Waals surface area (Å²) in [6, 6.07) is 17.4. The number of hydrogen-bond donors (Lipinski definition) is 0. The van der Waals surface area contributed by atoms with Crippen LogP contribution in [0.25, 0.3) is 0 Å². The number of carbonyl (C=O) groups is 2. The van der Waals surface area contributed by atoms with Gasteiger partial charge in [0, 0.05) is 0 Å². The molecule has 0 unspecified atom stereocenters. The third-order valence-electron chi connectivity index (χ3n) is 4.97. The van der Waals surface area contributed by atoms with Crippen molar-refractivity contribution in [2.24, 2.45) is 5.41 Å². The average Bonchev–Trinajstić information content (AvgIpc) is 2.77. The molecule has 0 aliphatic carbocycles. The predicted molar refractivity (Wildman–Crippen MR) is 116 cm³/mol. The van der Waals surface area contributed by atoms with Crippen molar-refractivity contribution in [3.05, 3.63) is 65.7 Å². The molecule has 0 saturated carbocycles. The Balaban J connectivity index is 2.18. The molecule has 162 valence electrons. The fraction of sp³-hybridized carbons (Fsp3) is 0.440. The van der Waals surface area contributed by atoms with E-state index in [2.05, 4.69) is 0 Å². The highest BCUT2D eigenvalue weighted by Crippen LogP contribution is 2.34. The zero-order valence-corrected chi connectivity index (χ0v) is 18.2. The molecule has 0 aliphatic rings. The first kappa shape index (κ1) is 23.5. The van der Waals surface area contributed by atoms with Crippen molar-refractivity contribution < 1.29 is 23.8 Å². The quantitative estimate of drug-likeness (QED) is 0.358. The van der Waals surface area contributed by atoms with Gasteiger partial charge in [-0.25, -0.2) is 0 Å². The van der Waals surface area contributed by atoms with Gasteiger partial charge in [0.05, 0.1) is 13.2 Å². The summed E-state index contributed by atoms with van der Waals surface area (Å²) in [4.78, 5) is 25.7. The summed E-state index contributed by atoms with van der Waals surface area (Å²) in [7, 11) is 0. The standard InChI is InChI=1S/C25H32O5/c1-4-7-17-25(23(26)28-5-2,24(27)29-6-3)18-20-13-15-22(16-14-20)30-19-21-11-9-8-10-12-21/h8-16H,4-7,17-19H2,1-3H3. The maximum atomic E-state index is 12.9. The Hall–Kier alpha value is -2.82. The summed E-state index contributed by atoms with van der Waals surface area (Å²) in [6.07, 6.45) is 2.24. The smallest absolute Gasteiger partial charge is 0.323 e. The molecule has 2 rings (SSSR count). The van der Waals surface area contributed by atoms with Gasteiger partial charge in [-0.2, -0.15) is 0 Å². The number of rotatable bonds is 12.